The van der Waals surface area contributed by atoms with Gasteiger partial charge in [-0.15, -0.1) is 11.3 Å². The maximum atomic E-state index is 2.46. The lowest BCUT2D eigenvalue weighted by Gasteiger charge is -2.39. The van der Waals surface area contributed by atoms with Crippen LogP contribution in [0.15, 0.2) is 121 Å². The molecule has 0 saturated heterocycles. The molecule has 3 heteroatoms. The van der Waals surface area contributed by atoms with Crippen LogP contribution in [-0.2, 0) is 0 Å². The summed E-state index contributed by atoms with van der Waals surface area (Å²) in [6.45, 7) is 0.908. The van der Waals surface area contributed by atoms with E-state index >= 15 is 0 Å². The molecule has 6 aromatic rings. The maximum absolute atomic E-state index is 2.46. The summed E-state index contributed by atoms with van der Waals surface area (Å²) in [4.78, 5) is 4.86. The molecule has 5 aromatic carbocycles. The van der Waals surface area contributed by atoms with Gasteiger partial charge in [-0.05, 0) is 52.9 Å². The van der Waals surface area contributed by atoms with E-state index in [0.29, 0.717) is 0 Å². The number of anilines is 2. The van der Waals surface area contributed by atoms with Crippen molar-refractivity contribution < 1.29 is 0 Å². The molecular formula is C34H24N2S. The molecule has 176 valence electrons. The third-order valence-corrected chi connectivity index (χ3v) is 8.82. The average molecular weight is 493 g/mol. The fourth-order valence-corrected chi connectivity index (χ4v) is 7.29. The first-order chi connectivity index (χ1) is 18.3. The monoisotopic (exact) mass is 492 g/mol. The second kappa shape index (κ2) is 7.83. The van der Waals surface area contributed by atoms with Crippen molar-refractivity contribution >= 4 is 59.4 Å². The number of allylic oxidation sites excluding steroid dienone is 1. The van der Waals surface area contributed by atoms with Gasteiger partial charge in [0.15, 0.2) is 0 Å². The highest BCUT2D eigenvalue weighted by Crippen LogP contribution is 2.51. The summed E-state index contributed by atoms with van der Waals surface area (Å²) >= 11 is 1.90. The van der Waals surface area contributed by atoms with Crippen LogP contribution in [0.2, 0.25) is 0 Å². The summed E-state index contributed by atoms with van der Waals surface area (Å²) in [7, 11) is 2.21. The number of hydrogen-bond donors (Lipinski definition) is 0. The summed E-state index contributed by atoms with van der Waals surface area (Å²) in [5, 5.41) is 5.39. The van der Waals surface area contributed by atoms with Gasteiger partial charge in [0.2, 0.25) is 0 Å². The number of rotatable bonds is 2. The molecule has 0 unspecified atom stereocenters. The number of fused-ring (bicyclic) bond motifs is 5. The van der Waals surface area contributed by atoms with Crippen LogP contribution in [0.4, 0.5) is 11.4 Å². The molecule has 0 saturated carbocycles. The van der Waals surface area contributed by atoms with Gasteiger partial charge in [0.05, 0.1) is 17.1 Å². The lowest BCUT2D eigenvalue weighted by molar-refractivity contribution is 0.526. The van der Waals surface area contributed by atoms with E-state index in [-0.39, 0.29) is 0 Å². The predicted molar refractivity (Wildman–Crippen MR) is 160 cm³/mol. The topological polar surface area (TPSA) is 6.48 Å². The molecule has 0 aliphatic carbocycles. The fourth-order valence-electron chi connectivity index (χ4n) is 6.13. The second-order valence-corrected chi connectivity index (χ2v) is 10.9. The molecule has 37 heavy (non-hydrogen) atoms. The number of nitrogens with zero attached hydrogens (tertiary/aromatic N) is 2. The van der Waals surface area contributed by atoms with E-state index in [4.69, 9.17) is 0 Å². The van der Waals surface area contributed by atoms with Crippen molar-refractivity contribution in [2.24, 2.45) is 0 Å². The van der Waals surface area contributed by atoms with E-state index in [2.05, 4.69) is 132 Å². The zero-order valence-electron chi connectivity index (χ0n) is 20.5. The highest BCUT2D eigenvalue weighted by atomic mass is 32.1. The largest absolute Gasteiger partial charge is 0.369 e. The minimum atomic E-state index is 0.908. The number of likely N-dealkylation sites (N-methyl/N-ethyl adjacent to an activating group) is 1. The van der Waals surface area contributed by atoms with Crippen LogP contribution in [0, 0.1) is 0 Å². The average Bonchev–Trinajstić information content (AvgIpc) is 3.32. The van der Waals surface area contributed by atoms with Gasteiger partial charge in [-0.25, -0.2) is 0 Å². The van der Waals surface area contributed by atoms with Gasteiger partial charge < -0.3 is 9.80 Å². The first-order valence-corrected chi connectivity index (χ1v) is 13.5. The Balaban J connectivity index is 1.47. The Labute approximate surface area is 220 Å². The summed E-state index contributed by atoms with van der Waals surface area (Å²) in [5.41, 5.74) is 8.76. The van der Waals surface area contributed by atoms with Crippen LogP contribution < -0.4 is 4.90 Å². The molecule has 0 radical (unpaired) electrons. The van der Waals surface area contributed by atoms with Gasteiger partial charge in [-0.1, -0.05) is 78.9 Å². The van der Waals surface area contributed by atoms with Crippen LogP contribution >= 0.6 is 11.3 Å². The molecule has 8 rings (SSSR count). The van der Waals surface area contributed by atoms with E-state index < -0.39 is 0 Å². The first kappa shape index (κ1) is 20.8. The molecule has 0 spiro atoms. The van der Waals surface area contributed by atoms with Gasteiger partial charge in [0.25, 0.3) is 0 Å². The third-order valence-electron chi connectivity index (χ3n) is 7.71. The van der Waals surface area contributed by atoms with Gasteiger partial charge in [-0.2, -0.15) is 0 Å². The smallest absolute Gasteiger partial charge is 0.0699 e. The Morgan fingerprint density at radius 2 is 1.46 bits per heavy atom. The van der Waals surface area contributed by atoms with Crippen molar-refractivity contribution in [1.29, 1.82) is 0 Å². The Kier molecular flexibility index (Phi) is 4.40. The number of hydrogen-bond acceptors (Lipinski definition) is 3. The number of benzene rings is 5. The fraction of sp³-hybridized carbons (Fsp3) is 0.0588. The van der Waals surface area contributed by atoms with Crippen LogP contribution in [0.3, 0.4) is 0 Å². The van der Waals surface area contributed by atoms with Crippen LogP contribution in [0.5, 0.6) is 0 Å². The SMILES string of the molecule is CN1CC=CC2=C1c1cc3sc4ccccc4c3c3cccc(c13)N2c1cccc(-c2ccccc2)c1. The zero-order chi connectivity index (χ0) is 24.5. The Morgan fingerprint density at radius 1 is 0.676 bits per heavy atom. The van der Waals surface area contributed by atoms with Gasteiger partial charge in [-0.3, -0.25) is 0 Å². The highest BCUT2D eigenvalue weighted by molar-refractivity contribution is 7.26. The van der Waals surface area contributed by atoms with E-state index in [1.165, 1.54) is 70.4 Å². The molecule has 3 heterocycles. The normalized spacial score (nSPS) is 14.7. The minimum Gasteiger partial charge on any atom is -0.369 e. The summed E-state index contributed by atoms with van der Waals surface area (Å²) in [5.74, 6) is 0. The molecule has 0 bridgehead atoms. The Bertz CT molecular complexity index is 1930. The van der Waals surface area contributed by atoms with E-state index in [1.54, 1.807) is 0 Å². The Morgan fingerprint density at radius 3 is 2.38 bits per heavy atom. The molecule has 0 atom stereocenters. The molecular weight excluding hydrogens is 468 g/mol. The van der Waals surface area contributed by atoms with Crippen molar-refractivity contribution in [2.75, 3.05) is 18.5 Å². The van der Waals surface area contributed by atoms with E-state index in [0.717, 1.165) is 6.54 Å². The van der Waals surface area contributed by atoms with Crippen molar-refractivity contribution in [3.63, 3.8) is 0 Å². The summed E-state index contributed by atoms with van der Waals surface area (Å²) in [6.07, 6.45) is 4.58. The van der Waals surface area contributed by atoms with Crippen molar-refractivity contribution in [3.05, 3.63) is 127 Å². The van der Waals surface area contributed by atoms with E-state index in [9.17, 15) is 0 Å². The molecule has 2 aliphatic rings. The zero-order valence-corrected chi connectivity index (χ0v) is 21.3. The molecule has 0 amide bonds. The third kappa shape index (κ3) is 2.98. The molecule has 2 aliphatic heterocycles. The number of thiophene rings is 1. The quantitative estimate of drug-likeness (QED) is 0.238. The standard InChI is InChI=1S/C34H24N2S/c1-35-19-9-17-29-34(35)27-21-31-33(25-14-5-6-18-30(25)37-31)26-15-8-16-28(32(26)27)36(29)24-13-7-12-23(20-24)22-10-3-2-4-11-22/h2-18,20-21H,19H2,1H3. The Hall–Kier alpha value is -4.34. The van der Waals surface area contributed by atoms with Crippen molar-refractivity contribution in [2.45, 2.75) is 0 Å². The maximum Gasteiger partial charge on any atom is 0.0699 e. The van der Waals surface area contributed by atoms with Gasteiger partial charge in [0.1, 0.15) is 0 Å². The predicted octanol–water partition coefficient (Wildman–Crippen LogP) is 9.20. The van der Waals surface area contributed by atoms with Crippen molar-refractivity contribution in [1.82, 2.24) is 4.90 Å². The lowest BCUT2D eigenvalue weighted by Crippen LogP contribution is -2.30. The molecule has 0 fully saturated rings. The van der Waals surface area contributed by atoms with Crippen LogP contribution in [-0.4, -0.2) is 18.5 Å². The minimum absolute atomic E-state index is 0.908. The van der Waals surface area contributed by atoms with Crippen LogP contribution in [0.1, 0.15) is 5.56 Å². The summed E-state index contributed by atoms with van der Waals surface area (Å²) in [6, 6.07) is 37.7. The molecule has 1 aromatic heterocycles. The van der Waals surface area contributed by atoms with E-state index in [1.807, 2.05) is 11.3 Å². The summed E-state index contributed by atoms with van der Waals surface area (Å²) < 4.78 is 2.70. The molecule has 2 nitrogen and oxygen atoms in total. The van der Waals surface area contributed by atoms with Gasteiger partial charge in [0, 0.05) is 50.4 Å². The first-order valence-electron chi connectivity index (χ1n) is 12.7. The second-order valence-electron chi connectivity index (χ2n) is 9.86. The molecule has 0 N–H and O–H groups in total. The highest BCUT2D eigenvalue weighted by Gasteiger charge is 2.31. The van der Waals surface area contributed by atoms with Crippen LogP contribution in [0.25, 0.3) is 47.8 Å². The van der Waals surface area contributed by atoms with Gasteiger partial charge >= 0.3 is 0 Å². The lowest BCUT2D eigenvalue weighted by atomic mass is 9.90. The van der Waals surface area contributed by atoms with Crippen molar-refractivity contribution in [3.8, 4) is 11.1 Å².